The van der Waals surface area contributed by atoms with Crippen LogP contribution in [0.1, 0.15) is 17.9 Å². The van der Waals surface area contributed by atoms with Crippen LogP contribution in [0.25, 0.3) is 0 Å². The molecule has 1 fully saturated rings. The van der Waals surface area contributed by atoms with Gasteiger partial charge in [0.2, 0.25) is 5.76 Å². The van der Waals surface area contributed by atoms with Crippen LogP contribution in [0.4, 0.5) is 8.78 Å². The average Bonchev–Trinajstić information content (AvgIpc) is 2.50. The van der Waals surface area contributed by atoms with Crippen LogP contribution in [0.2, 0.25) is 0 Å². The summed E-state index contributed by atoms with van der Waals surface area (Å²) >= 11 is 0. The predicted molar refractivity (Wildman–Crippen MR) is 42.9 cm³/mol. The first-order chi connectivity index (χ1) is 6.75. The largest absolute Gasteiger partial charge is 0.369 e. The number of aromatic nitrogens is 1. The number of nitrogens with zero attached hydrogens (tertiary/aromatic N) is 1. The topological polar surface area (TPSA) is 47.3 Å². The maximum Gasteiger partial charge on any atom is 0.298 e. The fourth-order valence-electron chi connectivity index (χ4n) is 1.08. The van der Waals surface area contributed by atoms with Crippen molar-refractivity contribution in [2.45, 2.75) is 19.1 Å². The molecule has 0 aromatic carbocycles. The highest BCUT2D eigenvalue weighted by Crippen LogP contribution is 2.19. The Labute approximate surface area is 79.2 Å². The monoisotopic (exact) mass is 204 g/mol. The zero-order valence-corrected chi connectivity index (χ0v) is 7.37. The van der Waals surface area contributed by atoms with Crippen LogP contribution in [0.15, 0.2) is 10.6 Å². The van der Waals surface area contributed by atoms with Crippen molar-refractivity contribution in [2.24, 2.45) is 0 Å². The highest BCUT2D eigenvalue weighted by molar-refractivity contribution is 5.05. The van der Waals surface area contributed by atoms with Gasteiger partial charge in [-0.3, -0.25) is 0 Å². The summed E-state index contributed by atoms with van der Waals surface area (Å²) in [5.74, 6) is -0.407. The zero-order chi connectivity index (χ0) is 9.97. The van der Waals surface area contributed by atoms with Crippen LogP contribution >= 0.6 is 0 Å². The molecule has 2 heterocycles. The standard InChI is InChI=1S/C8H10F2N2O2/c9-8(10)7-1-5(12-14-7)4-13-6-2-11-3-6/h1,6,8,11H,2-4H2. The van der Waals surface area contributed by atoms with Gasteiger partial charge in [-0.1, -0.05) is 5.16 Å². The first-order valence-electron chi connectivity index (χ1n) is 4.31. The Balaban J connectivity index is 1.83. The van der Waals surface area contributed by atoms with Gasteiger partial charge in [-0.15, -0.1) is 0 Å². The van der Waals surface area contributed by atoms with E-state index in [0.717, 1.165) is 13.1 Å². The minimum atomic E-state index is -2.61. The molecule has 2 rings (SSSR count). The summed E-state index contributed by atoms with van der Waals surface area (Å²) in [6.45, 7) is 1.83. The number of halogens is 2. The second kappa shape index (κ2) is 4.02. The van der Waals surface area contributed by atoms with E-state index in [4.69, 9.17) is 4.74 Å². The van der Waals surface area contributed by atoms with Crippen molar-refractivity contribution in [2.75, 3.05) is 13.1 Å². The van der Waals surface area contributed by atoms with Gasteiger partial charge in [0.05, 0.1) is 12.7 Å². The molecular weight excluding hydrogens is 194 g/mol. The Hall–Kier alpha value is -1.01. The van der Waals surface area contributed by atoms with E-state index in [0.29, 0.717) is 5.69 Å². The summed E-state index contributed by atoms with van der Waals surface area (Å²) in [7, 11) is 0. The van der Waals surface area contributed by atoms with E-state index in [9.17, 15) is 8.78 Å². The van der Waals surface area contributed by atoms with E-state index in [-0.39, 0.29) is 12.7 Å². The van der Waals surface area contributed by atoms with Crippen LogP contribution in [0.3, 0.4) is 0 Å². The fraction of sp³-hybridized carbons (Fsp3) is 0.625. The zero-order valence-electron chi connectivity index (χ0n) is 7.37. The molecule has 1 aliphatic rings. The van der Waals surface area contributed by atoms with Crippen molar-refractivity contribution in [3.63, 3.8) is 0 Å². The number of hydrogen-bond donors (Lipinski definition) is 1. The molecule has 1 N–H and O–H groups in total. The molecular formula is C8H10F2N2O2. The van der Waals surface area contributed by atoms with Crippen LogP contribution in [-0.2, 0) is 11.3 Å². The molecule has 0 bridgehead atoms. The van der Waals surface area contributed by atoms with E-state index in [1.54, 1.807) is 0 Å². The third-order valence-corrected chi connectivity index (χ3v) is 2.00. The molecule has 14 heavy (non-hydrogen) atoms. The molecule has 1 aliphatic heterocycles. The molecule has 0 unspecified atom stereocenters. The minimum absolute atomic E-state index is 0.168. The van der Waals surface area contributed by atoms with Crippen LogP contribution in [0, 0.1) is 0 Å². The lowest BCUT2D eigenvalue weighted by Gasteiger charge is -2.26. The van der Waals surface area contributed by atoms with E-state index in [2.05, 4.69) is 15.0 Å². The third-order valence-electron chi connectivity index (χ3n) is 2.00. The van der Waals surface area contributed by atoms with E-state index < -0.39 is 12.2 Å². The molecule has 78 valence electrons. The van der Waals surface area contributed by atoms with Crippen LogP contribution in [0.5, 0.6) is 0 Å². The number of nitrogens with one attached hydrogen (secondary N) is 1. The summed E-state index contributed by atoms with van der Waals surface area (Å²) in [5, 5.41) is 6.50. The maximum absolute atomic E-state index is 12.1. The van der Waals surface area contributed by atoms with Gasteiger partial charge in [0.15, 0.2) is 0 Å². The fourth-order valence-corrected chi connectivity index (χ4v) is 1.08. The van der Waals surface area contributed by atoms with E-state index in [1.165, 1.54) is 6.07 Å². The summed E-state index contributed by atoms with van der Waals surface area (Å²) in [4.78, 5) is 0. The van der Waals surface area contributed by atoms with Gasteiger partial charge in [-0.25, -0.2) is 8.78 Å². The lowest BCUT2D eigenvalue weighted by molar-refractivity contribution is 0.00496. The molecule has 0 amide bonds. The third kappa shape index (κ3) is 2.08. The van der Waals surface area contributed by atoms with Gasteiger partial charge in [0, 0.05) is 19.2 Å². The Bertz CT molecular complexity index is 299. The van der Waals surface area contributed by atoms with Gasteiger partial charge < -0.3 is 14.6 Å². The normalized spacial score (nSPS) is 17.4. The number of rotatable bonds is 4. The Morgan fingerprint density at radius 2 is 2.43 bits per heavy atom. The average molecular weight is 204 g/mol. The van der Waals surface area contributed by atoms with Gasteiger partial charge in [0.1, 0.15) is 5.69 Å². The van der Waals surface area contributed by atoms with Crippen molar-refractivity contribution in [1.82, 2.24) is 10.5 Å². The Morgan fingerprint density at radius 1 is 1.64 bits per heavy atom. The van der Waals surface area contributed by atoms with Crippen LogP contribution in [-0.4, -0.2) is 24.4 Å². The summed E-state index contributed by atoms with van der Waals surface area (Å²) in [6, 6.07) is 1.22. The second-order valence-electron chi connectivity index (χ2n) is 3.11. The number of hydrogen-bond acceptors (Lipinski definition) is 4. The molecule has 6 heteroatoms. The summed E-state index contributed by atoms with van der Waals surface area (Å²) < 4.78 is 33.9. The summed E-state index contributed by atoms with van der Waals surface area (Å²) in [5.41, 5.74) is 0.409. The highest BCUT2D eigenvalue weighted by Gasteiger charge is 2.19. The van der Waals surface area contributed by atoms with E-state index in [1.807, 2.05) is 0 Å². The first kappa shape index (κ1) is 9.54. The summed E-state index contributed by atoms with van der Waals surface area (Å²) in [6.07, 6.45) is -2.44. The van der Waals surface area contributed by atoms with Crippen LogP contribution < -0.4 is 5.32 Å². The predicted octanol–water partition coefficient (Wildman–Crippen LogP) is 1.10. The number of alkyl halides is 2. The van der Waals surface area contributed by atoms with Crippen molar-refractivity contribution >= 4 is 0 Å². The molecule has 0 spiro atoms. The maximum atomic E-state index is 12.1. The Kier molecular flexibility index (Phi) is 2.74. The quantitative estimate of drug-likeness (QED) is 0.797. The molecule has 0 aliphatic carbocycles. The highest BCUT2D eigenvalue weighted by atomic mass is 19.3. The molecule has 0 atom stereocenters. The molecule has 4 nitrogen and oxygen atoms in total. The SMILES string of the molecule is FC(F)c1cc(COC2CNC2)no1. The van der Waals surface area contributed by atoms with Crippen molar-refractivity contribution in [3.05, 3.63) is 17.5 Å². The van der Waals surface area contributed by atoms with Crippen molar-refractivity contribution in [3.8, 4) is 0 Å². The lowest BCUT2D eigenvalue weighted by atomic mass is 10.2. The van der Waals surface area contributed by atoms with Gasteiger partial charge in [-0.05, 0) is 0 Å². The van der Waals surface area contributed by atoms with Crippen molar-refractivity contribution < 1.29 is 18.0 Å². The molecule has 1 aromatic heterocycles. The van der Waals surface area contributed by atoms with Gasteiger partial charge >= 0.3 is 0 Å². The first-order valence-corrected chi connectivity index (χ1v) is 4.31. The minimum Gasteiger partial charge on any atom is -0.369 e. The molecule has 0 saturated carbocycles. The van der Waals surface area contributed by atoms with Gasteiger partial charge in [0.25, 0.3) is 6.43 Å². The van der Waals surface area contributed by atoms with E-state index >= 15 is 0 Å². The second-order valence-corrected chi connectivity index (χ2v) is 3.11. The molecule has 1 saturated heterocycles. The Morgan fingerprint density at radius 3 is 2.93 bits per heavy atom. The number of ether oxygens (including phenoxy) is 1. The lowest BCUT2D eigenvalue weighted by Crippen LogP contribution is -2.48. The van der Waals surface area contributed by atoms with Crippen molar-refractivity contribution in [1.29, 1.82) is 0 Å². The van der Waals surface area contributed by atoms with Gasteiger partial charge in [-0.2, -0.15) is 0 Å². The smallest absolute Gasteiger partial charge is 0.298 e. The molecule has 0 radical (unpaired) electrons. The molecule has 1 aromatic rings.